The zero-order chi connectivity index (χ0) is 7.82. The summed E-state index contributed by atoms with van der Waals surface area (Å²) in [5, 5.41) is 0. The van der Waals surface area contributed by atoms with Gasteiger partial charge >= 0.3 is 0 Å². The fourth-order valence-electron chi connectivity index (χ4n) is 0.795. The third-order valence-electron chi connectivity index (χ3n) is 1.37. The van der Waals surface area contributed by atoms with Crippen molar-refractivity contribution in [1.29, 1.82) is 0 Å². The first kappa shape index (κ1) is 9.30. The minimum absolute atomic E-state index is 0.819. The molecule has 0 rings (SSSR count). The molecule has 0 unspecified atom stereocenters. The van der Waals surface area contributed by atoms with Crippen LogP contribution in [0.25, 0.3) is 0 Å². The Morgan fingerprint density at radius 1 is 1.50 bits per heavy atom. The molecule has 10 heavy (non-hydrogen) atoms. The van der Waals surface area contributed by atoms with E-state index in [1.807, 2.05) is 0 Å². The van der Waals surface area contributed by atoms with Crippen molar-refractivity contribution in [1.82, 2.24) is 0 Å². The SMILES string of the molecule is C#C/C=C/CCCC(C)C. The molecule has 0 aromatic carbocycles. The lowest BCUT2D eigenvalue weighted by molar-refractivity contribution is 0.560. The Kier molecular flexibility index (Phi) is 5.97. The summed E-state index contributed by atoms with van der Waals surface area (Å²) in [6.07, 6.45) is 12.6. The molecule has 0 heterocycles. The van der Waals surface area contributed by atoms with Crippen LogP contribution in [-0.2, 0) is 0 Å². The van der Waals surface area contributed by atoms with Crippen LogP contribution in [0.2, 0.25) is 0 Å². The Labute approximate surface area is 64.3 Å². The first-order chi connectivity index (χ1) is 4.77. The van der Waals surface area contributed by atoms with Crippen molar-refractivity contribution in [3.05, 3.63) is 12.2 Å². The molecule has 0 heteroatoms. The normalized spacial score (nSPS) is 10.6. The second kappa shape index (κ2) is 6.42. The molecule has 0 atom stereocenters. The van der Waals surface area contributed by atoms with E-state index in [0.717, 1.165) is 12.3 Å². The molecule has 0 saturated heterocycles. The summed E-state index contributed by atoms with van der Waals surface area (Å²) in [5.74, 6) is 3.29. The van der Waals surface area contributed by atoms with Crippen LogP contribution >= 0.6 is 0 Å². The van der Waals surface area contributed by atoms with Gasteiger partial charge in [0.25, 0.3) is 0 Å². The van der Waals surface area contributed by atoms with E-state index in [-0.39, 0.29) is 0 Å². The molecule has 0 saturated carbocycles. The van der Waals surface area contributed by atoms with Gasteiger partial charge in [-0.2, -0.15) is 0 Å². The molecule has 0 aromatic rings. The Morgan fingerprint density at radius 2 is 2.20 bits per heavy atom. The highest BCUT2D eigenvalue weighted by Crippen LogP contribution is 2.05. The average molecular weight is 136 g/mol. The van der Waals surface area contributed by atoms with Crippen LogP contribution in [0, 0.1) is 18.3 Å². The summed E-state index contributed by atoms with van der Waals surface area (Å²) in [5.41, 5.74) is 0. The van der Waals surface area contributed by atoms with E-state index in [4.69, 9.17) is 6.42 Å². The van der Waals surface area contributed by atoms with Gasteiger partial charge in [0.1, 0.15) is 0 Å². The van der Waals surface area contributed by atoms with Crippen LogP contribution in [-0.4, -0.2) is 0 Å². The Hall–Kier alpha value is -0.700. The van der Waals surface area contributed by atoms with Gasteiger partial charge in [-0.25, -0.2) is 0 Å². The lowest BCUT2D eigenvalue weighted by Gasteiger charge is -1.99. The highest BCUT2D eigenvalue weighted by Gasteiger charge is 1.90. The van der Waals surface area contributed by atoms with E-state index in [1.165, 1.54) is 12.8 Å². The van der Waals surface area contributed by atoms with E-state index in [2.05, 4.69) is 25.8 Å². The van der Waals surface area contributed by atoms with Gasteiger partial charge in [0.05, 0.1) is 0 Å². The van der Waals surface area contributed by atoms with Gasteiger partial charge in [-0.05, 0) is 24.8 Å². The van der Waals surface area contributed by atoms with Gasteiger partial charge in [-0.15, -0.1) is 6.42 Å². The molecule has 0 aliphatic carbocycles. The van der Waals surface area contributed by atoms with Gasteiger partial charge < -0.3 is 0 Å². The monoisotopic (exact) mass is 136 g/mol. The standard InChI is InChI=1S/C10H16/c1-4-5-6-7-8-9-10(2)3/h1,5-6,10H,7-9H2,2-3H3/b6-5+. The molecule has 0 spiro atoms. The largest absolute Gasteiger partial charge is 0.115 e. The van der Waals surface area contributed by atoms with Gasteiger partial charge in [0, 0.05) is 0 Å². The minimum Gasteiger partial charge on any atom is -0.115 e. The number of unbranched alkanes of at least 4 members (excludes halogenated alkanes) is 1. The Balaban J connectivity index is 3.07. The average Bonchev–Trinajstić information content (AvgIpc) is 1.87. The fourth-order valence-corrected chi connectivity index (χ4v) is 0.795. The smallest absolute Gasteiger partial charge is 0.0162 e. The van der Waals surface area contributed by atoms with Crippen LogP contribution in [0.1, 0.15) is 33.1 Å². The summed E-state index contributed by atoms with van der Waals surface area (Å²) < 4.78 is 0. The van der Waals surface area contributed by atoms with Crippen molar-refractivity contribution in [2.24, 2.45) is 5.92 Å². The van der Waals surface area contributed by atoms with Crippen molar-refractivity contribution in [2.75, 3.05) is 0 Å². The van der Waals surface area contributed by atoms with Crippen molar-refractivity contribution >= 4 is 0 Å². The number of terminal acetylenes is 1. The second-order valence-electron chi connectivity index (χ2n) is 2.89. The van der Waals surface area contributed by atoms with Crippen LogP contribution < -0.4 is 0 Å². The van der Waals surface area contributed by atoms with Crippen molar-refractivity contribution in [3.8, 4) is 12.3 Å². The second-order valence-corrected chi connectivity index (χ2v) is 2.89. The predicted octanol–water partition coefficient (Wildman–Crippen LogP) is 3.00. The van der Waals surface area contributed by atoms with Crippen LogP contribution in [0.15, 0.2) is 12.2 Å². The molecule has 56 valence electrons. The van der Waals surface area contributed by atoms with E-state index in [9.17, 15) is 0 Å². The predicted molar refractivity (Wildman–Crippen MR) is 46.7 cm³/mol. The fraction of sp³-hybridized carbons (Fsp3) is 0.600. The van der Waals surface area contributed by atoms with E-state index >= 15 is 0 Å². The highest BCUT2D eigenvalue weighted by atomic mass is 14.0. The maximum atomic E-state index is 5.03. The van der Waals surface area contributed by atoms with Gasteiger partial charge in [0.15, 0.2) is 0 Å². The van der Waals surface area contributed by atoms with E-state index in [1.54, 1.807) is 6.08 Å². The first-order valence-electron chi connectivity index (χ1n) is 3.88. The number of rotatable bonds is 4. The molecular formula is C10H16. The molecule has 0 fully saturated rings. The van der Waals surface area contributed by atoms with Crippen molar-refractivity contribution in [2.45, 2.75) is 33.1 Å². The highest BCUT2D eigenvalue weighted by molar-refractivity contribution is 5.08. The van der Waals surface area contributed by atoms with E-state index in [0.29, 0.717) is 0 Å². The molecule has 0 bridgehead atoms. The molecule has 0 radical (unpaired) electrons. The summed E-state index contributed by atoms with van der Waals surface area (Å²) in [4.78, 5) is 0. The minimum atomic E-state index is 0.819. The summed E-state index contributed by atoms with van der Waals surface area (Å²) in [6, 6.07) is 0. The summed E-state index contributed by atoms with van der Waals surface area (Å²) in [6.45, 7) is 4.48. The lowest BCUT2D eigenvalue weighted by atomic mass is 10.1. The third-order valence-corrected chi connectivity index (χ3v) is 1.37. The van der Waals surface area contributed by atoms with Crippen LogP contribution in [0.5, 0.6) is 0 Å². The zero-order valence-electron chi connectivity index (χ0n) is 6.93. The molecule has 0 aliphatic rings. The summed E-state index contributed by atoms with van der Waals surface area (Å²) in [7, 11) is 0. The molecule has 0 N–H and O–H groups in total. The molecular weight excluding hydrogens is 120 g/mol. The first-order valence-corrected chi connectivity index (χ1v) is 3.88. The quantitative estimate of drug-likeness (QED) is 0.411. The van der Waals surface area contributed by atoms with Gasteiger partial charge in [0.2, 0.25) is 0 Å². The van der Waals surface area contributed by atoms with Crippen LogP contribution in [0.3, 0.4) is 0 Å². The Morgan fingerprint density at radius 3 is 2.70 bits per heavy atom. The lowest BCUT2D eigenvalue weighted by Crippen LogP contribution is -1.84. The van der Waals surface area contributed by atoms with E-state index < -0.39 is 0 Å². The number of allylic oxidation sites excluding steroid dienone is 2. The molecule has 0 amide bonds. The Bertz CT molecular complexity index is 123. The topological polar surface area (TPSA) is 0 Å². The summed E-state index contributed by atoms with van der Waals surface area (Å²) >= 11 is 0. The molecule has 0 aromatic heterocycles. The van der Waals surface area contributed by atoms with Crippen molar-refractivity contribution in [3.63, 3.8) is 0 Å². The number of hydrogen-bond acceptors (Lipinski definition) is 0. The zero-order valence-corrected chi connectivity index (χ0v) is 6.93. The molecule has 0 aliphatic heterocycles. The third kappa shape index (κ3) is 7.30. The van der Waals surface area contributed by atoms with Gasteiger partial charge in [-0.3, -0.25) is 0 Å². The van der Waals surface area contributed by atoms with Crippen LogP contribution in [0.4, 0.5) is 0 Å². The maximum absolute atomic E-state index is 5.03. The van der Waals surface area contributed by atoms with Crippen molar-refractivity contribution < 1.29 is 0 Å². The number of hydrogen-bond donors (Lipinski definition) is 0. The molecule has 0 nitrogen and oxygen atoms in total. The maximum Gasteiger partial charge on any atom is -0.0162 e. The van der Waals surface area contributed by atoms with Gasteiger partial charge in [-0.1, -0.05) is 32.3 Å².